The van der Waals surface area contributed by atoms with Gasteiger partial charge in [0.2, 0.25) is 0 Å². The number of hydrogen-bond donors (Lipinski definition) is 1. The first-order chi connectivity index (χ1) is 21.0. The third-order valence-electron chi connectivity index (χ3n) is 6.03. The quantitative estimate of drug-likeness (QED) is 0.103. The molecule has 228 valence electrons. The summed E-state index contributed by atoms with van der Waals surface area (Å²) in [5.41, 5.74) is 5.94. The molecular weight excluding hydrogens is 526 g/mol. The van der Waals surface area contributed by atoms with Crippen LogP contribution in [-0.2, 0) is 9.47 Å². The van der Waals surface area contributed by atoms with Gasteiger partial charge in [-0.05, 0) is 62.4 Å². The van der Waals surface area contributed by atoms with Gasteiger partial charge in [-0.2, -0.15) is 0 Å². The predicted octanol–water partition coefficient (Wildman–Crippen LogP) is 11.6. The molecule has 4 aromatic carbocycles. The van der Waals surface area contributed by atoms with Crippen LogP contribution in [0.4, 0.5) is 5.69 Å². The molecule has 0 aliphatic rings. The summed E-state index contributed by atoms with van der Waals surface area (Å²) in [7, 11) is 0. The Morgan fingerprint density at radius 2 is 1.21 bits per heavy atom. The minimum absolute atomic E-state index is 0.208. The summed E-state index contributed by atoms with van der Waals surface area (Å²) in [5.74, 6) is 0.870. The molecule has 1 N–H and O–H groups in total. The van der Waals surface area contributed by atoms with Crippen molar-refractivity contribution in [2.24, 2.45) is 0 Å². The summed E-state index contributed by atoms with van der Waals surface area (Å²) >= 11 is 0. The van der Waals surface area contributed by atoms with Crippen LogP contribution in [0.5, 0.6) is 0 Å². The molecule has 0 radical (unpaired) electrons. The van der Waals surface area contributed by atoms with Crippen LogP contribution in [0.3, 0.4) is 0 Å². The second-order valence-electron chi connectivity index (χ2n) is 10.7. The van der Waals surface area contributed by atoms with Crippen LogP contribution in [-0.4, -0.2) is 18.8 Å². The van der Waals surface area contributed by atoms with E-state index in [0.717, 1.165) is 37.3 Å². The van der Waals surface area contributed by atoms with Gasteiger partial charge in [0, 0.05) is 23.9 Å². The van der Waals surface area contributed by atoms with Crippen LogP contribution < -0.4 is 5.32 Å². The zero-order chi connectivity index (χ0) is 31.2. The van der Waals surface area contributed by atoms with Crippen LogP contribution in [0.25, 0.3) is 22.3 Å². The Kier molecular flexibility index (Phi) is 16.8. The number of hydrogen-bond acceptors (Lipinski definition) is 3. The molecule has 0 aliphatic carbocycles. The molecule has 0 aliphatic heterocycles. The third-order valence-corrected chi connectivity index (χ3v) is 6.03. The molecule has 3 nitrogen and oxygen atoms in total. The molecule has 0 amide bonds. The molecule has 0 saturated carbocycles. The smallest absolute Gasteiger partial charge is 0.119 e. The monoisotopic (exact) mass is 577 g/mol. The minimum Gasteiger partial charge on any atom is -0.501 e. The van der Waals surface area contributed by atoms with Gasteiger partial charge >= 0.3 is 0 Å². The van der Waals surface area contributed by atoms with Gasteiger partial charge in [-0.15, -0.1) is 0 Å². The second-order valence-corrected chi connectivity index (χ2v) is 10.7. The van der Waals surface area contributed by atoms with Crippen molar-refractivity contribution < 1.29 is 9.47 Å². The predicted molar refractivity (Wildman–Crippen MR) is 187 cm³/mol. The van der Waals surface area contributed by atoms with E-state index in [4.69, 9.17) is 9.47 Å². The van der Waals surface area contributed by atoms with E-state index in [0.29, 0.717) is 6.61 Å². The highest BCUT2D eigenvalue weighted by atomic mass is 16.5. The second kappa shape index (κ2) is 20.6. The summed E-state index contributed by atoms with van der Waals surface area (Å²) in [6.45, 7) is 13.8. The molecule has 0 unspecified atom stereocenters. The highest BCUT2D eigenvalue weighted by Crippen LogP contribution is 2.27. The Hall–Kier alpha value is -4.24. The summed E-state index contributed by atoms with van der Waals surface area (Å²) in [6.07, 6.45) is 8.79. The average Bonchev–Trinajstić information content (AvgIpc) is 3.05. The molecule has 3 heteroatoms. The van der Waals surface area contributed by atoms with E-state index in [-0.39, 0.29) is 5.60 Å². The Labute approximate surface area is 261 Å². The fourth-order valence-electron chi connectivity index (χ4n) is 4.11. The van der Waals surface area contributed by atoms with Crippen molar-refractivity contribution in [3.8, 4) is 22.3 Å². The number of ether oxygens (including phenoxy) is 2. The van der Waals surface area contributed by atoms with E-state index in [1.54, 1.807) is 6.26 Å². The largest absolute Gasteiger partial charge is 0.501 e. The minimum atomic E-state index is -0.208. The summed E-state index contributed by atoms with van der Waals surface area (Å²) in [5, 5.41) is 3.53. The van der Waals surface area contributed by atoms with E-state index < -0.39 is 0 Å². The van der Waals surface area contributed by atoms with Crippen molar-refractivity contribution in [3.05, 3.63) is 139 Å². The molecule has 43 heavy (non-hydrogen) atoms. The van der Waals surface area contributed by atoms with E-state index >= 15 is 0 Å². The van der Waals surface area contributed by atoms with Crippen LogP contribution in [0.15, 0.2) is 139 Å². The molecule has 0 fully saturated rings. The summed E-state index contributed by atoms with van der Waals surface area (Å²) in [6, 6.07) is 39.6. The molecular formula is C40H51NO2. The Morgan fingerprint density at radius 3 is 1.74 bits per heavy atom. The van der Waals surface area contributed by atoms with Gasteiger partial charge in [0.15, 0.2) is 0 Å². The molecule has 4 rings (SSSR count). The van der Waals surface area contributed by atoms with E-state index in [2.05, 4.69) is 136 Å². The lowest BCUT2D eigenvalue weighted by Crippen LogP contribution is -2.18. The highest BCUT2D eigenvalue weighted by molar-refractivity contribution is 5.77. The van der Waals surface area contributed by atoms with Crippen LogP contribution in [0.1, 0.15) is 60.8 Å². The van der Waals surface area contributed by atoms with Crippen molar-refractivity contribution in [2.45, 2.75) is 66.4 Å². The molecule has 0 spiro atoms. The number of nitrogens with one attached hydrogen (secondary N) is 1. The fraction of sp³-hybridized carbons (Fsp3) is 0.300. The van der Waals surface area contributed by atoms with Crippen LogP contribution >= 0.6 is 0 Å². The Morgan fingerprint density at radius 1 is 0.698 bits per heavy atom. The Bertz CT molecular complexity index is 1270. The maximum Gasteiger partial charge on any atom is 0.119 e. The molecule has 0 heterocycles. The van der Waals surface area contributed by atoms with E-state index in [1.165, 1.54) is 22.3 Å². The fourth-order valence-corrected chi connectivity index (χ4v) is 4.11. The van der Waals surface area contributed by atoms with Crippen molar-refractivity contribution in [1.82, 2.24) is 0 Å². The number of anilines is 1. The lowest BCUT2D eigenvalue weighted by atomic mass is 10.0. The number of benzene rings is 4. The topological polar surface area (TPSA) is 30.5 Å². The van der Waals surface area contributed by atoms with Crippen molar-refractivity contribution in [3.63, 3.8) is 0 Å². The zero-order valence-corrected chi connectivity index (χ0v) is 27.1. The highest BCUT2D eigenvalue weighted by Gasteiger charge is 2.11. The number of rotatable bonds is 12. The number of para-hydroxylation sites is 1. The standard InChI is InChI=1S/C26H35NO2.C12H10.C2H6/c1-5-6-15-23(29-26(2,3)4)18-21-28-20-12-19-27-25-17-11-10-16-24(25)22-13-8-7-9-14-22;1-3-7-11(8-4-1)12-9-5-2-6-10-12;1-2/h7-11,13-18,21,27H,5-6,12,19-20H2,1-4H3;1-10H;1-2H3/b21-18+,23-15+;;. The zero-order valence-electron chi connectivity index (χ0n) is 27.1. The first-order valence-electron chi connectivity index (χ1n) is 15.6. The molecule has 0 aromatic heterocycles. The van der Waals surface area contributed by atoms with Gasteiger partial charge in [0.25, 0.3) is 0 Å². The van der Waals surface area contributed by atoms with Crippen molar-refractivity contribution in [1.29, 1.82) is 0 Å². The maximum absolute atomic E-state index is 5.96. The lowest BCUT2D eigenvalue weighted by molar-refractivity contribution is 0.0586. The summed E-state index contributed by atoms with van der Waals surface area (Å²) in [4.78, 5) is 0. The first-order valence-corrected chi connectivity index (χ1v) is 15.6. The van der Waals surface area contributed by atoms with Crippen LogP contribution in [0.2, 0.25) is 0 Å². The maximum atomic E-state index is 5.96. The average molecular weight is 578 g/mol. The van der Waals surface area contributed by atoms with Gasteiger partial charge in [-0.3, -0.25) is 0 Å². The SMILES string of the molecule is CC.CCC/C=C(\C=C\OCCCNc1ccccc1-c1ccccc1)OC(C)(C)C.c1ccc(-c2ccccc2)cc1. The van der Waals surface area contributed by atoms with Gasteiger partial charge in [-0.25, -0.2) is 0 Å². The van der Waals surface area contributed by atoms with Gasteiger partial charge in [0.1, 0.15) is 11.4 Å². The lowest BCUT2D eigenvalue weighted by Gasteiger charge is -2.22. The number of allylic oxidation sites excluding steroid dienone is 2. The van der Waals surface area contributed by atoms with Gasteiger partial charge in [0.05, 0.1) is 12.9 Å². The molecule has 0 atom stereocenters. The molecule has 4 aromatic rings. The van der Waals surface area contributed by atoms with Crippen molar-refractivity contribution in [2.75, 3.05) is 18.5 Å². The summed E-state index contributed by atoms with van der Waals surface area (Å²) < 4.78 is 11.6. The Balaban J connectivity index is 0.000000379. The van der Waals surface area contributed by atoms with E-state index in [9.17, 15) is 0 Å². The van der Waals surface area contributed by atoms with Gasteiger partial charge in [-0.1, -0.05) is 136 Å². The van der Waals surface area contributed by atoms with Crippen LogP contribution in [0, 0.1) is 0 Å². The van der Waals surface area contributed by atoms with E-state index in [1.807, 2.05) is 38.1 Å². The third kappa shape index (κ3) is 14.5. The van der Waals surface area contributed by atoms with Gasteiger partial charge < -0.3 is 14.8 Å². The molecule has 0 bridgehead atoms. The first kappa shape index (κ1) is 35.0. The van der Waals surface area contributed by atoms with Crippen molar-refractivity contribution >= 4 is 5.69 Å². The normalized spacial score (nSPS) is 11.1. The number of unbranched alkanes of at least 4 members (excludes halogenated alkanes) is 1. The molecule has 0 saturated heterocycles.